The Hall–Kier alpha value is -2.02. The average molecular weight is 366 g/mol. The Bertz CT molecular complexity index is 863. The third-order valence-corrected chi connectivity index (χ3v) is 5.31. The van der Waals surface area contributed by atoms with Crippen LogP contribution in [0.5, 0.6) is 11.5 Å². The van der Waals surface area contributed by atoms with Gasteiger partial charge in [-0.25, -0.2) is 8.42 Å². The van der Waals surface area contributed by atoms with E-state index in [0.717, 1.165) is 11.1 Å². The molecule has 24 heavy (non-hydrogen) atoms. The van der Waals surface area contributed by atoms with Gasteiger partial charge in [0.15, 0.2) is 11.5 Å². The fourth-order valence-corrected chi connectivity index (χ4v) is 3.22. The van der Waals surface area contributed by atoms with Crippen molar-refractivity contribution in [1.82, 2.24) is 4.31 Å². The number of ether oxygens (including phenoxy) is 2. The SMILES string of the molecule is CN(Cc1ccc2c(c1)OCO2)S(=O)(=O)/C=C/c1ccc(Cl)cc1. The Morgan fingerprint density at radius 2 is 1.83 bits per heavy atom. The van der Waals surface area contributed by atoms with Gasteiger partial charge in [0.05, 0.1) is 0 Å². The minimum Gasteiger partial charge on any atom is -0.454 e. The third kappa shape index (κ3) is 3.90. The molecule has 0 spiro atoms. The standard InChI is InChI=1S/C17H16ClNO4S/c1-19(11-14-4-7-16-17(10-14)23-12-22-16)24(20,21)9-8-13-2-5-15(18)6-3-13/h2-10H,11-12H2,1H3/b9-8+. The number of nitrogens with zero attached hydrogens (tertiary/aromatic N) is 1. The summed E-state index contributed by atoms with van der Waals surface area (Å²) in [5.74, 6) is 1.31. The predicted molar refractivity (Wildman–Crippen MR) is 93.4 cm³/mol. The summed E-state index contributed by atoms with van der Waals surface area (Å²) in [6, 6.07) is 12.3. The van der Waals surface area contributed by atoms with Gasteiger partial charge in [-0.05, 0) is 41.5 Å². The zero-order chi connectivity index (χ0) is 17.2. The molecule has 0 N–H and O–H groups in total. The van der Waals surface area contributed by atoms with Gasteiger partial charge >= 0.3 is 0 Å². The van der Waals surface area contributed by atoms with Crippen LogP contribution in [0.1, 0.15) is 11.1 Å². The van der Waals surface area contributed by atoms with E-state index in [9.17, 15) is 8.42 Å². The molecule has 126 valence electrons. The normalized spacial score (nSPS) is 13.8. The molecule has 7 heteroatoms. The van der Waals surface area contributed by atoms with Gasteiger partial charge in [-0.1, -0.05) is 29.8 Å². The lowest BCUT2D eigenvalue weighted by Gasteiger charge is -2.15. The van der Waals surface area contributed by atoms with Crippen LogP contribution in [0.25, 0.3) is 6.08 Å². The molecule has 1 aliphatic heterocycles. The van der Waals surface area contributed by atoms with Crippen LogP contribution in [0, 0.1) is 0 Å². The van der Waals surface area contributed by atoms with Gasteiger partial charge in [0, 0.05) is 24.0 Å². The Morgan fingerprint density at radius 1 is 1.12 bits per heavy atom. The van der Waals surface area contributed by atoms with Crippen LogP contribution in [0.2, 0.25) is 5.02 Å². The summed E-state index contributed by atoms with van der Waals surface area (Å²) in [5.41, 5.74) is 1.59. The first-order valence-electron chi connectivity index (χ1n) is 7.22. The van der Waals surface area contributed by atoms with E-state index < -0.39 is 10.0 Å². The highest BCUT2D eigenvalue weighted by Crippen LogP contribution is 2.32. The fourth-order valence-electron chi connectivity index (χ4n) is 2.23. The van der Waals surface area contributed by atoms with Crippen molar-refractivity contribution in [1.29, 1.82) is 0 Å². The number of hydrogen-bond donors (Lipinski definition) is 0. The topological polar surface area (TPSA) is 55.8 Å². The van der Waals surface area contributed by atoms with Crippen molar-refractivity contribution < 1.29 is 17.9 Å². The zero-order valence-electron chi connectivity index (χ0n) is 13.0. The monoisotopic (exact) mass is 365 g/mol. The van der Waals surface area contributed by atoms with Crippen LogP contribution < -0.4 is 9.47 Å². The van der Waals surface area contributed by atoms with Crippen molar-refractivity contribution in [2.24, 2.45) is 0 Å². The molecule has 0 radical (unpaired) electrons. The number of fused-ring (bicyclic) bond motifs is 1. The van der Waals surface area contributed by atoms with Gasteiger partial charge in [-0.15, -0.1) is 0 Å². The summed E-state index contributed by atoms with van der Waals surface area (Å²) >= 11 is 5.81. The fraction of sp³-hybridized carbons (Fsp3) is 0.176. The van der Waals surface area contributed by atoms with Gasteiger partial charge in [0.2, 0.25) is 16.8 Å². The molecule has 1 heterocycles. The van der Waals surface area contributed by atoms with Gasteiger partial charge in [-0.2, -0.15) is 4.31 Å². The maximum absolute atomic E-state index is 12.4. The molecule has 0 aliphatic carbocycles. The molecular formula is C17H16ClNO4S. The molecule has 2 aromatic carbocycles. The lowest BCUT2D eigenvalue weighted by molar-refractivity contribution is 0.174. The second-order valence-electron chi connectivity index (χ2n) is 5.34. The lowest BCUT2D eigenvalue weighted by Crippen LogP contribution is -2.24. The van der Waals surface area contributed by atoms with Crippen LogP contribution in [0.3, 0.4) is 0 Å². The van der Waals surface area contributed by atoms with E-state index in [-0.39, 0.29) is 13.3 Å². The van der Waals surface area contributed by atoms with Crippen molar-refractivity contribution in [3.8, 4) is 11.5 Å². The van der Waals surface area contributed by atoms with E-state index in [0.29, 0.717) is 16.5 Å². The Balaban J connectivity index is 1.71. The van der Waals surface area contributed by atoms with E-state index in [2.05, 4.69) is 0 Å². The average Bonchev–Trinajstić information content (AvgIpc) is 3.02. The first kappa shape index (κ1) is 16.8. The molecule has 0 fully saturated rings. The maximum Gasteiger partial charge on any atom is 0.236 e. The van der Waals surface area contributed by atoms with Crippen molar-refractivity contribution in [3.05, 3.63) is 64.0 Å². The molecule has 0 atom stereocenters. The Labute approximate surface area is 146 Å². The Morgan fingerprint density at radius 3 is 2.58 bits per heavy atom. The van der Waals surface area contributed by atoms with E-state index in [4.69, 9.17) is 21.1 Å². The molecule has 0 amide bonds. The highest BCUT2D eigenvalue weighted by molar-refractivity contribution is 7.92. The number of sulfonamides is 1. The summed E-state index contributed by atoms with van der Waals surface area (Å²) in [5, 5.41) is 1.79. The van der Waals surface area contributed by atoms with Crippen LogP contribution >= 0.6 is 11.6 Å². The number of halogens is 1. The van der Waals surface area contributed by atoms with Crippen molar-refractivity contribution in [2.75, 3.05) is 13.8 Å². The van der Waals surface area contributed by atoms with Crippen molar-refractivity contribution in [2.45, 2.75) is 6.54 Å². The van der Waals surface area contributed by atoms with Crippen LogP contribution in [-0.4, -0.2) is 26.6 Å². The highest BCUT2D eigenvalue weighted by atomic mass is 35.5. The van der Waals surface area contributed by atoms with Gasteiger partial charge in [0.25, 0.3) is 0 Å². The Kier molecular flexibility index (Phi) is 4.80. The maximum atomic E-state index is 12.4. The van der Waals surface area contributed by atoms with E-state index >= 15 is 0 Å². The third-order valence-electron chi connectivity index (χ3n) is 3.58. The van der Waals surface area contributed by atoms with E-state index in [1.165, 1.54) is 16.8 Å². The van der Waals surface area contributed by atoms with E-state index in [1.54, 1.807) is 42.5 Å². The van der Waals surface area contributed by atoms with Crippen LogP contribution in [-0.2, 0) is 16.6 Å². The highest BCUT2D eigenvalue weighted by Gasteiger charge is 2.17. The minimum absolute atomic E-state index is 0.191. The van der Waals surface area contributed by atoms with Crippen molar-refractivity contribution >= 4 is 27.7 Å². The summed E-state index contributed by atoms with van der Waals surface area (Å²) < 4.78 is 36.6. The lowest BCUT2D eigenvalue weighted by atomic mass is 10.2. The summed E-state index contributed by atoms with van der Waals surface area (Å²) in [6.45, 7) is 0.431. The molecule has 0 saturated carbocycles. The largest absolute Gasteiger partial charge is 0.454 e. The van der Waals surface area contributed by atoms with Gasteiger partial charge < -0.3 is 9.47 Å². The molecule has 2 aromatic rings. The second-order valence-corrected chi connectivity index (χ2v) is 7.70. The summed E-state index contributed by atoms with van der Waals surface area (Å²) in [6.07, 6.45) is 1.54. The summed E-state index contributed by atoms with van der Waals surface area (Å²) in [4.78, 5) is 0. The van der Waals surface area contributed by atoms with Gasteiger partial charge in [-0.3, -0.25) is 0 Å². The quantitative estimate of drug-likeness (QED) is 0.813. The number of hydrogen-bond acceptors (Lipinski definition) is 4. The minimum atomic E-state index is -3.53. The van der Waals surface area contributed by atoms with Crippen molar-refractivity contribution in [3.63, 3.8) is 0 Å². The zero-order valence-corrected chi connectivity index (χ0v) is 14.5. The van der Waals surface area contributed by atoms with Crippen LogP contribution in [0.4, 0.5) is 0 Å². The molecule has 0 aromatic heterocycles. The first-order chi connectivity index (χ1) is 11.4. The molecule has 0 saturated heterocycles. The molecule has 3 rings (SSSR count). The number of benzene rings is 2. The second kappa shape index (κ2) is 6.84. The van der Waals surface area contributed by atoms with Gasteiger partial charge in [0.1, 0.15) is 0 Å². The molecule has 5 nitrogen and oxygen atoms in total. The summed E-state index contributed by atoms with van der Waals surface area (Å²) in [7, 11) is -2.00. The molecule has 0 bridgehead atoms. The molecule has 0 unspecified atom stereocenters. The first-order valence-corrected chi connectivity index (χ1v) is 9.11. The van der Waals surface area contributed by atoms with Crippen LogP contribution in [0.15, 0.2) is 47.9 Å². The van der Waals surface area contributed by atoms with E-state index in [1.807, 2.05) is 6.07 Å². The smallest absolute Gasteiger partial charge is 0.236 e. The number of rotatable bonds is 5. The molecular weight excluding hydrogens is 350 g/mol. The molecule has 1 aliphatic rings. The predicted octanol–water partition coefficient (Wildman–Crippen LogP) is 3.50.